The molecule has 0 saturated heterocycles. The summed E-state index contributed by atoms with van der Waals surface area (Å²) in [7, 11) is 0. The van der Waals surface area contributed by atoms with Gasteiger partial charge in [0.1, 0.15) is 0 Å². The maximum Gasteiger partial charge on any atom is 0.330 e. The lowest BCUT2D eigenvalue weighted by atomic mass is 9.83. The van der Waals surface area contributed by atoms with Crippen LogP contribution in [0, 0.1) is 11.8 Å². The first-order chi connectivity index (χ1) is 9.74. The van der Waals surface area contributed by atoms with Gasteiger partial charge < -0.3 is 4.74 Å². The summed E-state index contributed by atoms with van der Waals surface area (Å²) < 4.78 is 5.04. The molecule has 0 amide bonds. The smallest absolute Gasteiger partial charge is 0.330 e. The van der Waals surface area contributed by atoms with Crippen molar-refractivity contribution in [3.05, 3.63) is 23.8 Å². The normalized spacial score (nSPS) is 22.1. The van der Waals surface area contributed by atoms with Crippen molar-refractivity contribution in [2.45, 2.75) is 64.7 Å². The summed E-state index contributed by atoms with van der Waals surface area (Å²) in [4.78, 5) is 11.0. The number of hydrogen-bond donors (Lipinski definition) is 0. The minimum absolute atomic E-state index is 0.298. The van der Waals surface area contributed by atoms with Gasteiger partial charge in [-0.05, 0) is 63.2 Å². The van der Waals surface area contributed by atoms with Gasteiger partial charge in [0.05, 0.1) is 6.61 Å². The van der Waals surface area contributed by atoms with Gasteiger partial charge in [0.2, 0.25) is 0 Å². The van der Waals surface area contributed by atoms with Crippen molar-refractivity contribution in [3.63, 3.8) is 0 Å². The first-order valence-corrected chi connectivity index (χ1v) is 8.24. The molecule has 2 aliphatic rings. The van der Waals surface area contributed by atoms with Gasteiger partial charge in [0, 0.05) is 6.08 Å². The van der Waals surface area contributed by atoms with Crippen LogP contribution < -0.4 is 0 Å². The Balaban J connectivity index is 1.73. The molecule has 2 nitrogen and oxygen atoms in total. The summed E-state index contributed by atoms with van der Waals surface area (Å²) in [5.41, 5.74) is 3.61. The zero-order valence-electron chi connectivity index (χ0n) is 12.8. The quantitative estimate of drug-likeness (QED) is 0.262. The number of carbonyl (C=O) groups excluding carboxylic acids is 1. The van der Waals surface area contributed by atoms with Crippen molar-refractivity contribution in [1.29, 1.82) is 0 Å². The fourth-order valence-corrected chi connectivity index (χ4v) is 3.87. The van der Waals surface area contributed by atoms with Crippen LogP contribution in [0.3, 0.4) is 0 Å². The van der Waals surface area contributed by atoms with E-state index in [1.165, 1.54) is 51.0 Å². The maximum atomic E-state index is 11.0. The highest BCUT2D eigenvalue weighted by Crippen LogP contribution is 2.48. The Kier molecular flexibility index (Phi) is 5.87. The molecule has 0 radical (unpaired) electrons. The molecule has 0 heterocycles. The molecule has 2 unspecified atom stereocenters. The zero-order valence-corrected chi connectivity index (χ0v) is 12.8. The lowest BCUT2D eigenvalue weighted by molar-refractivity contribution is -0.137. The van der Waals surface area contributed by atoms with Gasteiger partial charge in [-0.15, -0.1) is 0 Å². The molecule has 2 atom stereocenters. The summed E-state index contributed by atoms with van der Waals surface area (Å²) in [6.07, 6.45) is 12.8. The highest BCUT2D eigenvalue weighted by molar-refractivity contribution is 5.81. The molecule has 2 heteroatoms. The summed E-state index contributed by atoms with van der Waals surface area (Å²) in [6, 6.07) is 0. The fourth-order valence-electron chi connectivity index (χ4n) is 3.87. The third-order valence-electron chi connectivity index (χ3n) is 4.84. The molecule has 0 aromatic rings. The van der Waals surface area contributed by atoms with Gasteiger partial charge in [-0.3, -0.25) is 0 Å². The van der Waals surface area contributed by atoms with E-state index in [-0.39, 0.29) is 5.97 Å². The van der Waals surface area contributed by atoms with Gasteiger partial charge in [0.15, 0.2) is 0 Å². The second-order valence-electron chi connectivity index (χ2n) is 6.29. The molecule has 0 spiro atoms. The van der Waals surface area contributed by atoms with Crippen LogP contribution in [-0.4, -0.2) is 12.6 Å². The molecule has 0 aromatic heterocycles. The minimum atomic E-state index is -0.298. The molecule has 0 aliphatic heterocycles. The minimum Gasteiger partial charge on any atom is -0.463 e. The van der Waals surface area contributed by atoms with Gasteiger partial charge in [-0.25, -0.2) is 4.79 Å². The SMILES string of the molecule is C=CC(=O)OCCCCC(CCC)C1=C2CCC(C2)C1. The van der Waals surface area contributed by atoms with Crippen molar-refractivity contribution in [1.82, 2.24) is 0 Å². The molecule has 1 saturated carbocycles. The van der Waals surface area contributed by atoms with Gasteiger partial charge in [-0.2, -0.15) is 0 Å². The molecule has 1 fully saturated rings. The first kappa shape index (κ1) is 15.3. The van der Waals surface area contributed by atoms with Crippen LogP contribution >= 0.6 is 0 Å². The van der Waals surface area contributed by atoms with Crippen LogP contribution in [0.25, 0.3) is 0 Å². The molecule has 0 aromatic carbocycles. The molecule has 112 valence electrons. The number of carbonyl (C=O) groups is 1. The predicted molar refractivity (Wildman–Crippen MR) is 82.4 cm³/mol. The van der Waals surface area contributed by atoms with E-state index in [0.717, 1.165) is 24.7 Å². The van der Waals surface area contributed by atoms with Crippen LogP contribution in [0.2, 0.25) is 0 Å². The highest BCUT2D eigenvalue weighted by atomic mass is 16.5. The number of ether oxygens (including phenoxy) is 1. The Morgan fingerprint density at radius 1 is 1.40 bits per heavy atom. The molecular weight excluding hydrogens is 248 g/mol. The number of esters is 1. The number of rotatable bonds is 9. The van der Waals surface area contributed by atoms with E-state index in [1.807, 2.05) is 5.57 Å². The van der Waals surface area contributed by atoms with Crippen LogP contribution in [0.5, 0.6) is 0 Å². The van der Waals surface area contributed by atoms with Crippen molar-refractivity contribution in [2.24, 2.45) is 11.8 Å². The summed E-state index contributed by atoms with van der Waals surface area (Å²) >= 11 is 0. The molecular formula is C18H28O2. The predicted octanol–water partition coefficient (Wildman–Crippen LogP) is 4.80. The van der Waals surface area contributed by atoms with Gasteiger partial charge in [-0.1, -0.05) is 31.1 Å². The van der Waals surface area contributed by atoms with Crippen LogP contribution in [0.15, 0.2) is 23.8 Å². The number of fused-ring (bicyclic) bond motifs is 2. The van der Waals surface area contributed by atoms with E-state index in [1.54, 1.807) is 5.57 Å². The topological polar surface area (TPSA) is 26.3 Å². The lowest BCUT2D eigenvalue weighted by Crippen LogP contribution is -2.09. The standard InChI is InChI=1S/C18H28O2/c1-3-7-15(8-5-6-11-20-18(19)4-2)17-13-14-9-10-16(17)12-14/h4,14-15H,2-3,5-13H2,1H3. The van der Waals surface area contributed by atoms with Gasteiger partial charge >= 0.3 is 5.97 Å². The Hall–Kier alpha value is -1.05. The van der Waals surface area contributed by atoms with E-state index in [9.17, 15) is 4.79 Å². The van der Waals surface area contributed by atoms with Crippen molar-refractivity contribution in [3.8, 4) is 0 Å². The molecule has 2 bridgehead atoms. The Bertz CT molecular complexity index is 381. The lowest BCUT2D eigenvalue weighted by Gasteiger charge is -2.22. The largest absolute Gasteiger partial charge is 0.463 e. The van der Waals surface area contributed by atoms with Crippen molar-refractivity contribution >= 4 is 5.97 Å². The van der Waals surface area contributed by atoms with E-state index in [0.29, 0.717) is 6.61 Å². The number of allylic oxidation sites excluding steroid dienone is 2. The molecule has 0 N–H and O–H groups in total. The Morgan fingerprint density at radius 2 is 2.25 bits per heavy atom. The zero-order chi connectivity index (χ0) is 14.4. The highest BCUT2D eigenvalue weighted by Gasteiger charge is 2.32. The van der Waals surface area contributed by atoms with E-state index < -0.39 is 0 Å². The Labute approximate surface area is 123 Å². The summed E-state index contributed by atoms with van der Waals surface area (Å²) in [5.74, 6) is 1.48. The van der Waals surface area contributed by atoms with E-state index >= 15 is 0 Å². The number of unbranched alkanes of at least 4 members (excludes halogenated alkanes) is 1. The maximum absolute atomic E-state index is 11.0. The van der Waals surface area contributed by atoms with E-state index in [4.69, 9.17) is 4.74 Å². The Morgan fingerprint density at radius 3 is 2.85 bits per heavy atom. The second-order valence-corrected chi connectivity index (χ2v) is 6.29. The molecule has 2 aliphatic carbocycles. The summed E-state index contributed by atoms with van der Waals surface area (Å²) in [6.45, 7) is 6.23. The first-order valence-electron chi connectivity index (χ1n) is 8.24. The van der Waals surface area contributed by atoms with Crippen LogP contribution in [0.4, 0.5) is 0 Å². The fraction of sp³-hybridized carbons (Fsp3) is 0.722. The van der Waals surface area contributed by atoms with E-state index in [2.05, 4.69) is 13.5 Å². The second kappa shape index (κ2) is 7.66. The average molecular weight is 276 g/mol. The molecule has 2 rings (SSSR count). The summed E-state index contributed by atoms with van der Waals surface area (Å²) in [5, 5.41) is 0. The molecule has 20 heavy (non-hydrogen) atoms. The third kappa shape index (κ3) is 3.97. The third-order valence-corrected chi connectivity index (χ3v) is 4.84. The van der Waals surface area contributed by atoms with Crippen LogP contribution in [0.1, 0.15) is 64.7 Å². The average Bonchev–Trinajstić information content (AvgIpc) is 3.08. The van der Waals surface area contributed by atoms with Crippen molar-refractivity contribution in [2.75, 3.05) is 6.61 Å². The number of hydrogen-bond acceptors (Lipinski definition) is 2. The van der Waals surface area contributed by atoms with Gasteiger partial charge in [0.25, 0.3) is 0 Å². The van der Waals surface area contributed by atoms with Crippen molar-refractivity contribution < 1.29 is 9.53 Å². The monoisotopic (exact) mass is 276 g/mol. The van der Waals surface area contributed by atoms with Crippen LogP contribution in [-0.2, 0) is 9.53 Å².